The number of carbonyl (C=O) groups excluding carboxylic acids is 2. The van der Waals surface area contributed by atoms with Gasteiger partial charge in [-0.15, -0.1) is 0 Å². The van der Waals surface area contributed by atoms with Crippen molar-refractivity contribution in [2.45, 2.75) is 32.7 Å². The first-order valence-corrected chi connectivity index (χ1v) is 5.95. The van der Waals surface area contributed by atoms with Gasteiger partial charge in [-0.3, -0.25) is 19.9 Å². The van der Waals surface area contributed by atoms with Crippen LogP contribution in [0.5, 0.6) is 0 Å². The van der Waals surface area contributed by atoms with Gasteiger partial charge < -0.3 is 5.32 Å². The van der Waals surface area contributed by atoms with Crippen LogP contribution in [0.3, 0.4) is 0 Å². The zero-order valence-corrected chi connectivity index (χ0v) is 10.7. The molecule has 17 heavy (non-hydrogen) atoms. The number of hydrogen-bond acceptors (Lipinski definition) is 4. The summed E-state index contributed by atoms with van der Waals surface area (Å²) in [7, 11) is 1.64. The van der Waals surface area contributed by atoms with Crippen LogP contribution in [0.15, 0.2) is 0 Å². The number of rotatable bonds is 4. The predicted octanol–water partition coefficient (Wildman–Crippen LogP) is -0.787. The number of likely N-dealkylation sites (tertiary alicyclic amines) is 1. The Morgan fingerprint density at radius 3 is 2.65 bits per heavy atom. The lowest BCUT2D eigenvalue weighted by Gasteiger charge is -2.27. The van der Waals surface area contributed by atoms with Gasteiger partial charge in [-0.05, 0) is 19.8 Å². The fourth-order valence-electron chi connectivity index (χ4n) is 2.46. The Balaban J connectivity index is 2.71. The van der Waals surface area contributed by atoms with Crippen molar-refractivity contribution in [3.05, 3.63) is 0 Å². The Kier molecular flexibility index (Phi) is 4.47. The molecule has 2 amide bonds. The van der Waals surface area contributed by atoms with E-state index in [1.165, 1.54) is 0 Å². The summed E-state index contributed by atoms with van der Waals surface area (Å²) in [4.78, 5) is 25.4. The Labute approximate surface area is 102 Å². The second-order valence-corrected chi connectivity index (χ2v) is 4.79. The monoisotopic (exact) mass is 242 g/mol. The zero-order chi connectivity index (χ0) is 13.1. The smallest absolute Gasteiger partial charge is 0.251 e. The highest BCUT2D eigenvalue weighted by Crippen LogP contribution is 2.31. The summed E-state index contributed by atoms with van der Waals surface area (Å²) in [6.07, 6.45) is 1.45. The summed E-state index contributed by atoms with van der Waals surface area (Å²) >= 11 is 0. The summed E-state index contributed by atoms with van der Waals surface area (Å²) in [6.45, 7) is 5.21. The molecule has 1 saturated heterocycles. The van der Waals surface area contributed by atoms with Crippen molar-refractivity contribution < 1.29 is 9.59 Å². The summed E-state index contributed by atoms with van der Waals surface area (Å²) in [6, 6.07) is -0.244. The maximum absolute atomic E-state index is 11.8. The van der Waals surface area contributed by atoms with Gasteiger partial charge in [0.15, 0.2) is 0 Å². The molecule has 0 bridgehead atoms. The number of amides is 2. The molecule has 6 nitrogen and oxygen atoms in total. The van der Waals surface area contributed by atoms with Gasteiger partial charge in [-0.2, -0.15) is 0 Å². The van der Waals surface area contributed by atoms with E-state index >= 15 is 0 Å². The van der Waals surface area contributed by atoms with Crippen molar-refractivity contribution >= 4 is 11.8 Å². The normalized spacial score (nSPS) is 26.6. The summed E-state index contributed by atoms with van der Waals surface area (Å²) in [5.41, 5.74) is 1.78. The minimum absolute atomic E-state index is 0.0306. The van der Waals surface area contributed by atoms with Gasteiger partial charge in [0.25, 0.3) is 5.91 Å². The van der Waals surface area contributed by atoms with E-state index in [0.717, 1.165) is 13.0 Å². The third kappa shape index (κ3) is 2.76. The average molecular weight is 242 g/mol. The molecule has 2 unspecified atom stereocenters. The van der Waals surface area contributed by atoms with Crippen LogP contribution in [0, 0.1) is 5.41 Å². The standard InChI is InChI=1S/C11H22N4O2/c1-4-8(9(16)14-12)15-6-5-11(2,7-15)10(17)13-3/h8H,4-7,12H2,1-3H3,(H,13,17)(H,14,16). The van der Waals surface area contributed by atoms with E-state index in [1.807, 2.05) is 18.7 Å². The molecule has 1 aliphatic heterocycles. The molecule has 0 aliphatic carbocycles. The van der Waals surface area contributed by atoms with Gasteiger partial charge in [0.2, 0.25) is 5.91 Å². The molecule has 0 saturated carbocycles. The Bertz CT molecular complexity index is 308. The number of nitrogens with one attached hydrogen (secondary N) is 2. The second-order valence-electron chi connectivity index (χ2n) is 4.79. The lowest BCUT2D eigenvalue weighted by Crippen LogP contribution is -2.49. The fourth-order valence-corrected chi connectivity index (χ4v) is 2.46. The molecule has 4 N–H and O–H groups in total. The minimum Gasteiger partial charge on any atom is -0.359 e. The van der Waals surface area contributed by atoms with Gasteiger partial charge in [-0.25, -0.2) is 5.84 Å². The quantitative estimate of drug-likeness (QED) is 0.342. The molecule has 1 fully saturated rings. The molecule has 0 radical (unpaired) electrons. The van der Waals surface area contributed by atoms with Crippen molar-refractivity contribution in [3.63, 3.8) is 0 Å². The van der Waals surface area contributed by atoms with E-state index in [-0.39, 0.29) is 17.9 Å². The topological polar surface area (TPSA) is 87.5 Å². The SMILES string of the molecule is CCC(C(=O)NN)N1CCC(C)(C(=O)NC)C1. The summed E-state index contributed by atoms with van der Waals surface area (Å²) in [5, 5.41) is 2.68. The number of hydrogen-bond donors (Lipinski definition) is 3. The van der Waals surface area contributed by atoms with E-state index in [9.17, 15) is 9.59 Å². The minimum atomic E-state index is -0.406. The van der Waals surface area contributed by atoms with Crippen molar-refractivity contribution in [2.75, 3.05) is 20.1 Å². The van der Waals surface area contributed by atoms with Crippen LogP contribution in [-0.2, 0) is 9.59 Å². The van der Waals surface area contributed by atoms with Gasteiger partial charge in [-0.1, -0.05) is 6.92 Å². The maximum atomic E-state index is 11.8. The van der Waals surface area contributed by atoms with E-state index in [4.69, 9.17) is 5.84 Å². The van der Waals surface area contributed by atoms with Crippen LogP contribution in [0.1, 0.15) is 26.7 Å². The van der Waals surface area contributed by atoms with Crippen LogP contribution in [0.4, 0.5) is 0 Å². The van der Waals surface area contributed by atoms with Crippen LogP contribution >= 0.6 is 0 Å². The Morgan fingerprint density at radius 2 is 2.18 bits per heavy atom. The summed E-state index contributed by atoms with van der Waals surface area (Å²) < 4.78 is 0. The van der Waals surface area contributed by atoms with Gasteiger partial charge >= 0.3 is 0 Å². The van der Waals surface area contributed by atoms with Gasteiger partial charge in [0, 0.05) is 20.1 Å². The highest BCUT2D eigenvalue weighted by Gasteiger charge is 2.42. The van der Waals surface area contributed by atoms with E-state index in [1.54, 1.807) is 7.05 Å². The molecule has 0 aromatic carbocycles. The first-order valence-electron chi connectivity index (χ1n) is 5.95. The highest BCUT2D eigenvalue weighted by molar-refractivity contribution is 5.84. The third-order valence-corrected chi connectivity index (χ3v) is 3.55. The third-order valence-electron chi connectivity index (χ3n) is 3.55. The van der Waals surface area contributed by atoms with Crippen molar-refractivity contribution in [1.29, 1.82) is 0 Å². The van der Waals surface area contributed by atoms with Gasteiger partial charge in [0.1, 0.15) is 0 Å². The fraction of sp³-hybridized carbons (Fsp3) is 0.818. The van der Waals surface area contributed by atoms with Crippen molar-refractivity contribution in [3.8, 4) is 0 Å². The van der Waals surface area contributed by atoms with Crippen LogP contribution in [-0.4, -0.2) is 42.9 Å². The number of hydrazine groups is 1. The van der Waals surface area contributed by atoms with E-state index in [0.29, 0.717) is 13.0 Å². The van der Waals surface area contributed by atoms with Gasteiger partial charge in [0.05, 0.1) is 11.5 Å². The van der Waals surface area contributed by atoms with Crippen LogP contribution in [0.25, 0.3) is 0 Å². The second kappa shape index (κ2) is 5.46. The average Bonchev–Trinajstić information content (AvgIpc) is 2.72. The molecule has 1 rings (SSSR count). The van der Waals surface area contributed by atoms with Crippen molar-refractivity contribution in [1.82, 2.24) is 15.6 Å². The van der Waals surface area contributed by atoms with E-state index in [2.05, 4.69) is 10.7 Å². The molecule has 0 spiro atoms. The lowest BCUT2D eigenvalue weighted by atomic mass is 9.89. The lowest BCUT2D eigenvalue weighted by molar-refractivity contribution is -0.131. The molecule has 0 aromatic rings. The molecule has 1 aliphatic rings. The number of nitrogens with zero attached hydrogens (tertiary/aromatic N) is 1. The Hall–Kier alpha value is -1.14. The maximum Gasteiger partial charge on any atom is 0.251 e. The zero-order valence-electron chi connectivity index (χ0n) is 10.7. The number of carbonyl (C=O) groups is 2. The van der Waals surface area contributed by atoms with Crippen molar-refractivity contribution in [2.24, 2.45) is 11.3 Å². The van der Waals surface area contributed by atoms with Crippen LogP contribution in [0.2, 0.25) is 0 Å². The molecule has 2 atom stereocenters. The largest absolute Gasteiger partial charge is 0.359 e. The molecular weight excluding hydrogens is 220 g/mol. The first-order chi connectivity index (χ1) is 7.98. The Morgan fingerprint density at radius 1 is 1.53 bits per heavy atom. The molecular formula is C11H22N4O2. The first kappa shape index (κ1) is 13.9. The highest BCUT2D eigenvalue weighted by atomic mass is 16.2. The van der Waals surface area contributed by atoms with Crippen LogP contribution < -0.4 is 16.6 Å². The number of nitrogens with two attached hydrogens (primary N) is 1. The predicted molar refractivity (Wildman–Crippen MR) is 64.8 cm³/mol. The molecule has 6 heteroatoms. The molecule has 98 valence electrons. The summed E-state index contributed by atoms with van der Waals surface area (Å²) in [5.74, 6) is 5.01. The van der Waals surface area contributed by atoms with E-state index < -0.39 is 5.41 Å². The molecule has 0 aromatic heterocycles. The molecule has 1 heterocycles.